The van der Waals surface area contributed by atoms with Gasteiger partial charge in [-0.15, -0.1) is 23.1 Å². The van der Waals surface area contributed by atoms with Crippen LogP contribution in [0, 0.1) is 0 Å². The molecule has 0 aromatic carbocycles. The summed E-state index contributed by atoms with van der Waals surface area (Å²) in [6, 6.07) is -1.43. The van der Waals surface area contributed by atoms with Crippen LogP contribution in [0.4, 0.5) is 15.7 Å². The molecule has 2 fully saturated rings. The van der Waals surface area contributed by atoms with Crippen LogP contribution < -0.4 is 16.0 Å². The molecule has 4 rings (SSSR count). The first kappa shape index (κ1) is 23.5. The molecule has 34 heavy (non-hydrogen) atoms. The number of carbonyl (C=O) groups is 5. The van der Waals surface area contributed by atoms with Gasteiger partial charge in [-0.25, -0.2) is 19.6 Å². The molecular weight excluding hydrogens is 490 g/mol. The third-order valence-corrected chi connectivity index (χ3v) is 7.09. The lowest BCUT2D eigenvalue weighted by atomic mass is 10.0. The number of hydrogen-bond donors (Lipinski definition) is 3. The number of aromatic nitrogens is 1. The quantitative estimate of drug-likeness (QED) is 0.240. The number of anilines is 2. The van der Waals surface area contributed by atoms with E-state index in [1.807, 2.05) is 0 Å². The van der Waals surface area contributed by atoms with Gasteiger partial charge in [0, 0.05) is 30.2 Å². The van der Waals surface area contributed by atoms with Crippen LogP contribution in [0.2, 0.25) is 0 Å². The second-order valence-corrected chi connectivity index (χ2v) is 9.27. The monoisotopic (exact) mass is 509 g/mol. The zero-order valence-electron chi connectivity index (χ0n) is 17.7. The summed E-state index contributed by atoms with van der Waals surface area (Å²) < 4.78 is 4.88. The van der Waals surface area contributed by atoms with Gasteiger partial charge in [0.25, 0.3) is 11.8 Å². The molecular formula is C18H19N7O7S2. The Morgan fingerprint density at radius 3 is 2.79 bits per heavy atom. The minimum absolute atomic E-state index is 0.211. The van der Waals surface area contributed by atoms with Crippen molar-refractivity contribution in [3.8, 4) is 0 Å². The molecule has 0 bridgehead atoms. The van der Waals surface area contributed by atoms with E-state index in [0.29, 0.717) is 23.1 Å². The first-order valence-electron chi connectivity index (χ1n) is 9.85. The Labute approximate surface area is 200 Å². The number of esters is 1. The third kappa shape index (κ3) is 4.41. The molecule has 2 atom stereocenters. The summed E-state index contributed by atoms with van der Waals surface area (Å²) in [6.45, 7) is 1.50. The number of thioether (sulfide) groups is 1. The molecule has 0 saturated carbocycles. The van der Waals surface area contributed by atoms with Crippen molar-refractivity contribution in [2.24, 2.45) is 5.10 Å². The number of β-lactam (4-membered cyclic amide) rings is 1. The number of rotatable bonds is 7. The minimum atomic E-state index is -1.33. The smallest absolute Gasteiger partial charge is 0.352 e. The van der Waals surface area contributed by atoms with Gasteiger partial charge in [0.1, 0.15) is 35.8 Å². The van der Waals surface area contributed by atoms with Crippen LogP contribution >= 0.6 is 23.1 Å². The number of thiazole rings is 1. The summed E-state index contributed by atoms with van der Waals surface area (Å²) in [4.78, 5) is 66.7. The van der Waals surface area contributed by atoms with E-state index in [-0.39, 0.29) is 24.6 Å². The molecule has 1 aromatic rings. The molecule has 1 aromatic heterocycles. The predicted octanol–water partition coefficient (Wildman–Crippen LogP) is -0.745. The van der Waals surface area contributed by atoms with Gasteiger partial charge in [-0.2, -0.15) is 5.10 Å². The van der Waals surface area contributed by atoms with E-state index in [1.165, 1.54) is 34.9 Å². The van der Waals surface area contributed by atoms with E-state index in [9.17, 15) is 29.1 Å². The number of nitrogens with two attached hydrogens (primary N) is 1. The molecule has 14 nitrogen and oxygen atoms in total. The normalized spacial score (nSPS) is 22.2. The predicted molar refractivity (Wildman–Crippen MR) is 121 cm³/mol. The number of urea groups is 1. The highest BCUT2D eigenvalue weighted by molar-refractivity contribution is 8.00. The number of nitrogen functional groups attached to an aromatic ring is 1. The molecule has 2 saturated heterocycles. The molecule has 180 valence electrons. The maximum Gasteiger partial charge on any atom is 0.352 e. The first-order chi connectivity index (χ1) is 16.2. The van der Waals surface area contributed by atoms with E-state index in [4.69, 9.17) is 10.5 Å². The van der Waals surface area contributed by atoms with Crippen LogP contribution in [0.1, 0.15) is 6.92 Å². The number of hydrazone groups is 1. The Morgan fingerprint density at radius 1 is 1.38 bits per heavy atom. The van der Waals surface area contributed by atoms with Gasteiger partial charge in [0.15, 0.2) is 5.13 Å². The summed E-state index contributed by atoms with van der Waals surface area (Å²) in [5.74, 6) is -2.61. The van der Waals surface area contributed by atoms with Crippen molar-refractivity contribution in [2.75, 3.05) is 36.1 Å². The summed E-state index contributed by atoms with van der Waals surface area (Å²) in [7, 11) is 0. The topological polar surface area (TPSA) is 188 Å². The van der Waals surface area contributed by atoms with E-state index < -0.39 is 41.2 Å². The fourth-order valence-electron chi connectivity index (χ4n) is 3.54. The van der Waals surface area contributed by atoms with Crippen molar-refractivity contribution < 1.29 is 33.8 Å². The summed E-state index contributed by atoms with van der Waals surface area (Å²) in [5.41, 5.74) is 5.64. The lowest BCUT2D eigenvalue weighted by molar-refractivity contribution is -0.150. The number of fused-ring (bicyclic) bond motifs is 1. The SMILES string of the molecule is CC(=O)OCC1=C(C(=O)O)N2C(=O)C(NC(=O)/C=N/N3CCN(c4csc(N)n4)C3=O)C2SC1. The van der Waals surface area contributed by atoms with E-state index >= 15 is 0 Å². The van der Waals surface area contributed by atoms with Crippen LogP contribution in [0.5, 0.6) is 0 Å². The van der Waals surface area contributed by atoms with Gasteiger partial charge < -0.3 is 20.9 Å². The van der Waals surface area contributed by atoms with Crippen LogP contribution in [0.25, 0.3) is 0 Å². The lowest BCUT2D eigenvalue weighted by Gasteiger charge is -2.49. The van der Waals surface area contributed by atoms with E-state index in [1.54, 1.807) is 5.38 Å². The average Bonchev–Trinajstić information content (AvgIpc) is 3.38. The minimum Gasteiger partial charge on any atom is -0.477 e. The Bertz CT molecular complexity index is 1130. The standard InChI is InChI=1S/C18H19N7O7S2/c1-8(26)32-5-9-6-33-15-12(14(28)25(15)13(9)16(29)30)22-11(27)4-20-24-3-2-23(18(24)31)10-7-34-17(19)21-10/h4,7,12,15H,2-3,5-6H2,1H3,(H2,19,21)(H,22,27)(H,29,30)/b20-4+. The highest BCUT2D eigenvalue weighted by Crippen LogP contribution is 2.40. The fourth-order valence-corrected chi connectivity index (χ4v) is 5.42. The zero-order valence-corrected chi connectivity index (χ0v) is 19.3. The van der Waals surface area contributed by atoms with Crippen molar-refractivity contribution in [1.82, 2.24) is 20.2 Å². The molecule has 0 spiro atoms. The van der Waals surface area contributed by atoms with Crippen LogP contribution in [0.15, 0.2) is 21.8 Å². The molecule has 4 amide bonds. The van der Waals surface area contributed by atoms with Crippen LogP contribution in [0.3, 0.4) is 0 Å². The van der Waals surface area contributed by atoms with Crippen LogP contribution in [-0.4, -0.2) is 92.9 Å². The maximum absolute atomic E-state index is 12.6. The average molecular weight is 510 g/mol. The summed E-state index contributed by atoms with van der Waals surface area (Å²) in [5, 5.41) is 18.4. The van der Waals surface area contributed by atoms with Gasteiger partial charge in [-0.05, 0) is 0 Å². The molecule has 3 aliphatic heterocycles. The van der Waals surface area contributed by atoms with Crippen molar-refractivity contribution >= 4 is 70.0 Å². The Kier molecular flexibility index (Phi) is 6.43. The van der Waals surface area contributed by atoms with Crippen molar-refractivity contribution in [1.29, 1.82) is 0 Å². The molecule has 16 heteroatoms. The second kappa shape index (κ2) is 9.30. The summed E-state index contributed by atoms with van der Waals surface area (Å²) in [6.07, 6.45) is 0.889. The van der Waals surface area contributed by atoms with Gasteiger partial charge >= 0.3 is 18.0 Å². The molecule has 0 radical (unpaired) electrons. The zero-order chi connectivity index (χ0) is 24.6. The number of hydrogen-bond acceptors (Lipinski definition) is 11. The Morgan fingerprint density at radius 2 is 2.15 bits per heavy atom. The van der Waals surface area contributed by atoms with E-state index in [2.05, 4.69) is 15.4 Å². The number of nitrogens with one attached hydrogen (secondary N) is 1. The highest BCUT2D eigenvalue weighted by Gasteiger charge is 2.54. The Hall–Kier alpha value is -3.66. The number of amides is 4. The van der Waals surface area contributed by atoms with Crippen molar-refractivity contribution in [3.05, 3.63) is 16.7 Å². The molecule has 4 N–H and O–H groups in total. The number of ether oxygens (including phenoxy) is 1. The number of carboxylic acid groups (broad SMARTS) is 1. The van der Waals surface area contributed by atoms with Gasteiger partial charge in [0.2, 0.25) is 0 Å². The first-order valence-corrected chi connectivity index (χ1v) is 11.8. The van der Waals surface area contributed by atoms with Crippen molar-refractivity contribution in [3.63, 3.8) is 0 Å². The number of carboxylic acids is 1. The maximum atomic E-state index is 12.6. The van der Waals surface area contributed by atoms with Crippen LogP contribution in [-0.2, 0) is 23.9 Å². The molecule has 2 unspecified atom stereocenters. The second-order valence-electron chi connectivity index (χ2n) is 7.28. The lowest BCUT2D eigenvalue weighted by Crippen LogP contribution is -2.70. The molecule has 4 heterocycles. The Balaban J connectivity index is 1.36. The van der Waals surface area contributed by atoms with E-state index in [0.717, 1.165) is 16.1 Å². The van der Waals surface area contributed by atoms with Crippen molar-refractivity contribution in [2.45, 2.75) is 18.3 Å². The van der Waals surface area contributed by atoms with Gasteiger partial charge in [-0.3, -0.25) is 24.2 Å². The summed E-state index contributed by atoms with van der Waals surface area (Å²) >= 11 is 2.43. The number of nitrogens with zero attached hydrogens (tertiary/aromatic N) is 5. The number of carbonyl (C=O) groups excluding carboxylic acids is 4. The highest BCUT2D eigenvalue weighted by atomic mass is 32.2. The largest absolute Gasteiger partial charge is 0.477 e. The van der Waals surface area contributed by atoms with Gasteiger partial charge in [0.05, 0.1) is 6.54 Å². The fraction of sp³-hybridized carbons (Fsp3) is 0.389. The van der Waals surface area contributed by atoms with Gasteiger partial charge in [-0.1, -0.05) is 0 Å². The third-order valence-electron chi connectivity index (χ3n) is 5.09. The molecule has 3 aliphatic rings. The molecule has 0 aliphatic carbocycles. The number of aliphatic carboxylic acids is 1.